The van der Waals surface area contributed by atoms with Crippen molar-refractivity contribution in [2.24, 2.45) is 0 Å². The number of benzene rings is 3. The van der Waals surface area contributed by atoms with E-state index < -0.39 is 11.9 Å². The first kappa shape index (κ1) is 34.8. The van der Waals surface area contributed by atoms with Crippen molar-refractivity contribution in [2.75, 3.05) is 26.4 Å². The summed E-state index contributed by atoms with van der Waals surface area (Å²) < 4.78 is 27.6. The molecule has 44 heavy (non-hydrogen) atoms. The summed E-state index contributed by atoms with van der Waals surface area (Å²) in [5.74, 6) is 0.350. The molecule has 0 heterocycles. The summed E-state index contributed by atoms with van der Waals surface area (Å²) in [5, 5.41) is 0. The van der Waals surface area contributed by atoms with Gasteiger partial charge in [0.25, 0.3) is 0 Å². The first-order chi connectivity index (χ1) is 21.5. The smallest absolute Gasteiger partial charge is 0.343 e. The Morgan fingerprint density at radius 3 is 1.59 bits per heavy atom. The zero-order valence-corrected chi connectivity index (χ0v) is 26.6. The maximum Gasteiger partial charge on any atom is 0.343 e. The van der Waals surface area contributed by atoms with E-state index in [0.29, 0.717) is 36.7 Å². The van der Waals surface area contributed by atoms with Gasteiger partial charge < -0.3 is 23.7 Å². The van der Waals surface area contributed by atoms with E-state index in [1.54, 1.807) is 43.3 Å². The Morgan fingerprint density at radius 2 is 1.02 bits per heavy atom. The van der Waals surface area contributed by atoms with Gasteiger partial charge in [0, 0.05) is 13.2 Å². The number of carbonyl (C=O) groups is 2. The molecule has 0 N–H and O–H groups in total. The Bertz CT molecular complexity index is 1210. The second-order valence-electron chi connectivity index (χ2n) is 10.5. The number of esters is 2. The monoisotopic (exact) mass is 604 g/mol. The Hall–Kier alpha value is -3.68. The number of hydrogen-bond acceptors (Lipinski definition) is 7. The van der Waals surface area contributed by atoms with Gasteiger partial charge in [0.15, 0.2) is 6.29 Å². The number of ether oxygens (including phenoxy) is 5. The Labute approximate surface area is 262 Å². The van der Waals surface area contributed by atoms with Crippen molar-refractivity contribution in [2.45, 2.75) is 84.8 Å². The first-order valence-electron chi connectivity index (χ1n) is 16.1. The molecule has 3 aromatic carbocycles. The third-order valence-electron chi connectivity index (χ3n) is 7.19. The number of hydrogen-bond donors (Lipinski definition) is 0. The van der Waals surface area contributed by atoms with Gasteiger partial charge >= 0.3 is 11.9 Å². The molecule has 3 aromatic rings. The van der Waals surface area contributed by atoms with Crippen LogP contribution in [0, 0.1) is 0 Å². The molecule has 0 fully saturated rings. The molecule has 0 aliphatic carbocycles. The standard InChI is InChI=1S/C37H48O7/c1-4-40-35(41-5-2)15-13-11-9-7-8-10-12-14-28-43-33-24-20-30(21-25-33)29-16-18-32(19-17-29)37(39)44-34-26-22-31(23-27-34)36(38)42-6-3/h16-27,35H,4-15,28H2,1-3H3. The van der Waals surface area contributed by atoms with Gasteiger partial charge in [-0.05, 0) is 99.7 Å². The molecular formula is C37H48O7. The maximum atomic E-state index is 12.6. The average Bonchev–Trinajstić information content (AvgIpc) is 3.04. The number of rotatable bonds is 21. The highest BCUT2D eigenvalue weighted by Gasteiger charge is 2.11. The highest BCUT2D eigenvalue weighted by atomic mass is 16.7. The zero-order chi connectivity index (χ0) is 31.4. The summed E-state index contributed by atoms with van der Waals surface area (Å²) in [6.45, 7) is 8.21. The van der Waals surface area contributed by atoms with Gasteiger partial charge in [0.1, 0.15) is 11.5 Å². The van der Waals surface area contributed by atoms with Crippen LogP contribution >= 0.6 is 0 Å². The fourth-order valence-corrected chi connectivity index (χ4v) is 4.83. The maximum absolute atomic E-state index is 12.6. The molecule has 0 unspecified atom stereocenters. The van der Waals surface area contributed by atoms with E-state index in [-0.39, 0.29) is 6.29 Å². The van der Waals surface area contributed by atoms with Crippen molar-refractivity contribution in [3.05, 3.63) is 83.9 Å². The molecule has 0 saturated heterocycles. The van der Waals surface area contributed by atoms with E-state index in [2.05, 4.69) is 0 Å². The third kappa shape index (κ3) is 12.5. The quantitative estimate of drug-likeness (QED) is 0.0519. The van der Waals surface area contributed by atoms with Crippen LogP contribution in [-0.4, -0.2) is 44.7 Å². The van der Waals surface area contributed by atoms with Crippen LogP contribution in [0.25, 0.3) is 11.1 Å². The number of unbranched alkanes of at least 4 members (excludes halogenated alkanes) is 7. The minimum atomic E-state index is -0.464. The van der Waals surface area contributed by atoms with E-state index in [1.165, 1.54) is 38.5 Å². The van der Waals surface area contributed by atoms with Crippen LogP contribution in [0.15, 0.2) is 72.8 Å². The largest absolute Gasteiger partial charge is 0.494 e. The predicted molar refractivity (Wildman–Crippen MR) is 173 cm³/mol. The van der Waals surface area contributed by atoms with Gasteiger partial charge in [-0.1, -0.05) is 62.8 Å². The first-order valence-corrected chi connectivity index (χ1v) is 16.1. The second-order valence-corrected chi connectivity index (χ2v) is 10.5. The fourth-order valence-electron chi connectivity index (χ4n) is 4.83. The third-order valence-corrected chi connectivity index (χ3v) is 7.19. The molecule has 238 valence electrons. The van der Waals surface area contributed by atoms with Crippen LogP contribution in [-0.2, 0) is 14.2 Å². The van der Waals surface area contributed by atoms with E-state index >= 15 is 0 Å². The Balaban J connectivity index is 1.30. The van der Waals surface area contributed by atoms with Crippen molar-refractivity contribution in [1.29, 1.82) is 0 Å². The molecular weight excluding hydrogens is 556 g/mol. The van der Waals surface area contributed by atoms with Crippen molar-refractivity contribution in [3.8, 4) is 22.6 Å². The second kappa shape index (κ2) is 20.3. The fraction of sp³-hybridized carbons (Fsp3) is 0.459. The predicted octanol–water partition coefficient (Wildman–Crippen LogP) is 9.04. The highest BCUT2D eigenvalue weighted by Crippen LogP contribution is 2.24. The lowest BCUT2D eigenvalue weighted by atomic mass is 10.0. The van der Waals surface area contributed by atoms with Gasteiger partial charge in [-0.2, -0.15) is 0 Å². The summed E-state index contributed by atoms with van der Waals surface area (Å²) in [7, 11) is 0. The molecule has 0 saturated carbocycles. The van der Waals surface area contributed by atoms with Crippen LogP contribution < -0.4 is 9.47 Å². The summed E-state index contributed by atoms with van der Waals surface area (Å²) in [4.78, 5) is 24.4. The van der Waals surface area contributed by atoms with Gasteiger partial charge in [0.2, 0.25) is 0 Å². The molecule has 0 aliphatic rings. The SMILES string of the molecule is CCOC(=O)c1ccc(OC(=O)c2ccc(-c3ccc(OCCCCCCCCCCC(OCC)OCC)cc3)cc2)cc1. The van der Waals surface area contributed by atoms with Crippen LogP contribution in [0.4, 0.5) is 0 Å². The lowest BCUT2D eigenvalue weighted by molar-refractivity contribution is -0.140. The van der Waals surface area contributed by atoms with Crippen LogP contribution in [0.3, 0.4) is 0 Å². The summed E-state index contributed by atoms with van der Waals surface area (Å²) in [6.07, 6.45) is 10.7. The molecule has 0 radical (unpaired) electrons. The Morgan fingerprint density at radius 1 is 0.545 bits per heavy atom. The highest BCUT2D eigenvalue weighted by molar-refractivity contribution is 5.92. The van der Waals surface area contributed by atoms with E-state index in [1.807, 2.05) is 50.2 Å². The molecule has 3 rings (SSSR count). The molecule has 0 aromatic heterocycles. The molecule has 7 heteroatoms. The van der Waals surface area contributed by atoms with Crippen LogP contribution in [0.5, 0.6) is 11.5 Å². The Kier molecular flexibility index (Phi) is 16.1. The zero-order valence-electron chi connectivity index (χ0n) is 26.6. The van der Waals surface area contributed by atoms with Gasteiger partial charge in [-0.3, -0.25) is 0 Å². The minimum absolute atomic E-state index is 0.0381. The van der Waals surface area contributed by atoms with Crippen molar-refractivity contribution in [1.82, 2.24) is 0 Å². The molecule has 0 aliphatic heterocycles. The van der Waals surface area contributed by atoms with Crippen molar-refractivity contribution in [3.63, 3.8) is 0 Å². The number of carbonyl (C=O) groups excluding carboxylic acids is 2. The molecule has 0 amide bonds. The lowest BCUT2D eigenvalue weighted by Crippen LogP contribution is -2.17. The van der Waals surface area contributed by atoms with Crippen molar-refractivity contribution < 1.29 is 33.3 Å². The van der Waals surface area contributed by atoms with Crippen LogP contribution in [0.1, 0.15) is 99.3 Å². The normalized spacial score (nSPS) is 11.0. The molecule has 7 nitrogen and oxygen atoms in total. The average molecular weight is 605 g/mol. The van der Waals surface area contributed by atoms with Crippen LogP contribution in [0.2, 0.25) is 0 Å². The van der Waals surface area contributed by atoms with E-state index in [9.17, 15) is 9.59 Å². The summed E-state index contributed by atoms with van der Waals surface area (Å²) in [5.41, 5.74) is 2.89. The van der Waals surface area contributed by atoms with E-state index in [4.69, 9.17) is 23.7 Å². The molecule has 0 spiro atoms. The summed E-state index contributed by atoms with van der Waals surface area (Å²) in [6, 6.07) is 21.6. The van der Waals surface area contributed by atoms with Gasteiger partial charge in [0.05, 0.1) is 24.3 Å². The van der Waals surface area contributed by atoms with Gasteiger partial charge in [-0.25, -0.2) is 9.59 Å². The van der Waals surface area contributed by atoms with Gasteiger partial charge in [-0.15, -0.1) is 0 Å². The molecule has 0 bridgehead atoms. The lowest BCUT2D eigenvalue weighted by Gasteiger charge is -2.16. The van der Waals surface area contributed by atoms with E-state index in [0.717, 1.165) is 42.7 Å². The summed E-state index contributed by atoms with van der Waals surface area (Å²) >= 11 is 0. The topological polar surface area (TPSA) is 80.3 Å². The minimum Gasteiger partial charge on any atom is -0.494 e. The van der Waals surface area contributed by atoms with Crippen molar-refractivity contribution >= 4 is 11.9 Å². The molecule has 0 atom stereocenters.